The lowest BCUT2D eigenvalue weighted by Gasteiger charge is -2.48. The maximum atomic E-state index is 11.6. The fourth-order valence-corrected chi connectivity index (χ4v) is 3.84. The molecule has 0 aromatic carbocycles. The van der Waals surface area contributed by atoms with E-state index in [-0.39, 0.29) is 29.5 Å². The van der Waals surface area contributed by atoms with Gasteiger partial charge in [0.1, 0.15) is 6.10 Å². The molecular formula is C15H20O3. The van der Waals surface area contributed by atoms with Gasteiger partial charge in [0.15, 0.2) is 0 Å². The highest BCUT2D eigenvalue weighted by Crippen LogP contribution is 2.53. The lowest BCUT2D eigenvalue weighted by Crippen LogP contribution is -2.45. The summed E-state index contributed by atoms with van der Waals surface area (Å²) in [7, 11) is 0. The van der Waals surface area contributed by atoms with E-state index in [0.29, 0.717) is 5.92 Å². The molecule has 3 aliphatic rings. The van der Waals surface area contributed by atoms with E-state index in [1.807, 2.05) is 13.0 Å². The predicted octanol–water partition coefficient (Wildman–Crippen LogP) is 2.21. The van der Waals surface area contributed by atoms with Crippen LogP contribution in [0.15, 0.2) is 23.3 Å². The molecule has 0 amide bonds. The van der Waals surface area contributed by atoms with Crippen LogP contribution >= 0.6 is 0 Å². The first-order chi connectivity index (χ1) is 8.42. The van der Waals surface area contributed by atoms with Crippen molar-refractivity contribution in [2.45, 2.75) is 45.8 Å². The van der Waals surface area contributed by atoms with Gasteiger partial charge in [0.2, 0.25) is 0 Å². The van der Waals surface area contributed by atoms with Crippen molar-refractivity contribution in [3.8, 4) is 0 Å². The van der Waals surface area contributed by atoms with Crippen LogP contribution < -0.4 is 0 Å². The number of ether oxygens (including phenoxy) is 1. The molecular weight excluding hydrogens is 228 g/mol. The Labute approximate surface area is 108 Å². The summed E-state index contributed by atoms with van der Waals surface area (Å²) in [6, 6.07) is 0. The first-order valence-corrected chi connectivity index (χ1v) is 6.70. The van der Waals surface area contributed by atoms with E-state index in [2.05, 4.69) is 19.9 Å². The number of rotatable bonds is 0. The third kappa shape index (κ3) is 1.50. The summed E-state index contributed by atoms with van der Waals surface area (Å²) in [6.07, 6.45) is 5.36. The predicted molar refractivity (Wildman–Crippen MR) is 67.7 cm³/mol. The highest BCUT2D eigenvalue weighted by molar-refractivity contribution is 5.91. The number of hydrogen-bond donors (Lipinski definition) is 1. The molecule has 3 heteroatoms. The molecule has 1 aliphatic heterocycles. The largest absolute Gasteiger partial charge is 0.454 e. The van der Waals surface area contributed by atoms with Gasteiger partial charge in [-0.15, -0.1) is 0 Å². The standard InChI is InChI=1S/C15H20O3/c1-8-10-6-11-9(2)12(16)4-5-15(11,3)7-13(10)18-14(8)17/h4-5,9,11-13,16H,6-7H2,1-3H3/t9-,11-,12-,13+,15-/m1/s1. The molecule has 1 N–H and O–H groups in total. The van der Waals surface area contributed by atoms with Crippen LogP contribution in [0.1, 0.15) is 33.6 Å². The van der Waals surface area contributed by atoms with Crippen molar-refractivity contribution < 1.29 is 14.6 Å². The number of carbonyl (C=O) groups excluding carboxylic acids is 1. The fraction of sp³-hybridized carbons (Fsp3) is 0.667. The van der Waals surface area contributed by atoms with Crippen molar-refractivity contribution in [2.75, 3.05) is 0 Å². The van der Waals surface area contributed by atoms with Gasteiger partial charge in [-0.2, -0.15) is 0 Å². The number of fused-ring (bicyclic) bond motifs is 2. The van der Waals surface area contributed by atoms with Gasteiger partial charge in [-0.3, -0.25) is 0 Å². The highest BCUT2D eigenvalue weighted by atomic mass is 16.5. The van der Waals surface area contributed by atoms with E-state index in [1.54, 1.807) is 0 Å². The van der Waals surface area contributed by atoms with Crippen LogP contribution in [0.4, 0.5) is 0 Å². The van der Waals surface area contributed by atoms with Crippen LogP contribution in [0.5, 0.6) is 0 Å². The molecule has 0 aromatic rings. The number of hydrogen-bond acceptors (Lipinski definition) is 3. The molecule has 5 atom stereocenters. The minimum atomic E-state index is -0.362. The molecule has 0 saturated heterocycles. The van der Waals surface area contributed by atoms with E-state index in [0.717, 1.165) is 24.0 Å². The van der Waals surface area contributed by atoms with E-state index in [1.165, 1.54) is 0 Å². The van der Waals surface area contributed by atoms with E-state index < -0.39 is 0 Å². The van der Waals surface area contributed by atoms with Gasteiger partial charge in [0, 0.05) is 5.57 Å². The summed E-state index contributed by atoms with van der Waals surface area (Å²) in [5, 5.41) is 9.99. The molecule has 3 rings (SSSR count). The zero-order chi connectivity index (χ0) is 13.1. The van der Waals surface area contributed by atoms with E-state index >= 15 is 0 Å². The molecule has 1 saturated carbocycles. The van der Waals surface area contributed by atoms with Crippen molar-refractivity contribution in [3.05, 3.63) is 23.3 Å². The Morgan fingerprint density at radius 2 is 2.22 bits per heavy atom. The zero-order valence-corrected chi connectivity index (χ0v) is 11.1. The van der Waals surface area contributed by atoms with Gasteiger partial charge >= 0.3 is 5.97 Å². The second kappa shape index (κ2) is 3.70. The van der Waals surface area contributed by atoms with Gasteiger partial charge in [-0.05, 0) is 42.6 Å². The molecule has 2 aliphatic carbocycles. The Morgan fingerprint density at radius 1 is 1.50 bits per heavy atom. The van der Waals surface area contributed by atoms with Crippen LogP contribution in [0, 0.1) is 17.3 Å². The summed E-state index contributed by atoms with van der Waals surface area (Å²) in [5.41, 5.74) is 1.99. The van der Waals surface area contributed by atoms with Crippen molar-refractivity contribution in [1.82, 2.24) is 0 Å². The maximum absolute atomic E-state index is 11.6. The highest BCUT2D eigenvalue weighted by Gasteiger charge is 2.50. The zero-order valence-electron chi connectivity index (χ0n) is 11.1. The van der Waals surface area contributed by atoms with Gasteiger partial charge in [0.05, 0.1) is 6.10 Å². The first kappa shape index (κ1) is 12.0. The molecule has 0 aromatic heterocycles. The number of allylic oxidation sites excluding steroid dienone is 1. The summed E-state index contributed by atoms with van der Waals surface area (Å²) in [4.78, 5) is 11.6. The van der Waals surface area contributed by atoms with Crippen LogP contribution in [0.2, 0.25) is 0 Å². The molecule has 0 unspecified atom stereocenters. The van der Waals surface area contributed by atoms with Crippen LogP contribution in [-0.2, 0) is 9.53 Å². The summed E-state index contributed by atoms with van der Waals surface area (Å²) >= 11 is 0. The Kier molecular flexibility index (Phi) is 2.46. The van der Waals surface area contributed by atoms with Crippen molar-refractivity contribution >= 4 is 5.97 Å². The van der Waals surface area contributed by atoms with Crippen LogP contribution in [0.3, 0.4) is 0 Å². The molecule has 18 heavy (non-hydrogen) atoms. The molecule has 3 nitrogen and oxygen atoms in total. The Balaban J connectivity index is 1.99. The number of aliphatic hydroxyl groups excluding tert-OH is 1. The monoisotopic (exact) mass is 248 g/mol. The van der Waals surface area contributed by atoms with Crippen molar-refractivity contribution in [3.63, 3.8) is 0 Å². The Morgan fingerprint density at radius 3 is 2.94 bits per heavy atom. The fourth-order valence-electron chi connectivity index (χ4n) is 3.84. The smallest absolute Gasteiger partial charge is 0.334 e. The molecule has 1 heterocycles. The lowest BCUT2D eigenvalue weighted by molar-refractivity contribution is -0.141. The van der Waals surface area contributed by atoms with Crippen LogP contribution in [-0.4, -0.2) is 23.3 Å². The molecule has 98 valence electrons. The molecule has 0 radical (unpaired) electrons. The SMILES string of the molecule is CC1=C2C[C@@H]3[C@@H](C)[C@H](O)C=C[C@]3(C)C[C@@H]2OC1=O. The number of aliphatic hydroxyl groups is 1. The van der Waals surface area contributed by atoms with Gasteiger partial charge < -0.3 is 9.84 Å². The number of esters is 1. The third-order valence-electron chi connectivity index (χ3n) is 5.19. The minimum absolute atomic E-state index is 0.0363. The normalized spacial score (nSPS) is 46.8. The number of carbonyl (C=O) groups is 1. The first-order valence-electron chi connectivity index (χ1n) is 6.70. The van der Waals surface area contributed by atoms with Crippen molar-refractivity contribution in [1.29, 1.82) is 0 Å². The van der Waals surface area contributed by atoms with E-state index in [9.17, 15) is 9.90 Å². The second-order valence-electron chi connectivity index (χ2n) is 6.27. The lowest BCUT2D eigenvalue weighted by atomic mass is 9.57. The van der Waals surface area contributed by atoms with Gasteiger partial charge in [-0.1, -0.05) is 26.0 Å². The Bertz CT molecular complexity index is 462. The summed E-state index contributed by atoms with van der Waals surface area (Å²) in [6.45, 7) is 6.18. The second-order valence-corrected chi connectivity index (χ2v) is 6.27. The summed E-state index contributed by atoms with van der Waals surface area (Å²) < 4.78 is 5.44. The Hall–Kier alpha value is -1.09. The van der Waals surface area contributed by atoms with Gasteiger partial charge in [-0.25, -0.2) is 4.79 Å². The molecule has 0 spiro atoms. The quantitative estimate of drug-likeness (QED) is 0.528. The average molecular weight is 248 g/mol. The third-order valence-corrected chi connectivity index (χ3v) is 5.19. The van der Waals surface area contributed by atoms with Gasteiger partial charge in [0.25, 0.3) is 0 Å². The average Bonchev–Trinajstić information content (AvgIpc) is 2.58. The topological polar surface area (TPSA) is 46.5 Å². The molecule has 0 bridgehead atoms. The summed E-state index contributed by atoms with van der Waals surface area (Å²) in [5.74, 6) is 0.472. The van der Waals surface area contributed by atoms with E-state index in [4.69, 9.17) is 4.74 Å². The molecule has 1 fully saturated rings. The van der Waals surface area contributed by atoms with Crippen LogP contribution in [0.25, 0.3) is 0 Å². The maximum Gasteiger partial charge on any atom is 0.334 e. The van der Waals surface area contributed by atoms with Crippen molar-refractivity contribution in [2.24, 2.45) is 17.3 Å². The minimum Gasteiger partial charge on any atom is -0.454 e.